The maximum atomic E-state index is 11.7. The molecule has 0 spiro atoms. The average Bonchev–Trinajstić information content (AvgIpc) is 2.80. The van der Waals surface area contributed by atoms with E-state index < -0.39 is 0 Å². The third kappa shape index (κ3) is 2.68. The van der Waals surface area contributed by atoms with E-state index in [2.05, 4.69) is 17.1 Å². The first-order valence-electron chi connectivity index (χ1n) is 7.45. The van der Waals surface area contributed by atoms with E-state index in [4.69, 9.17) is 0 Å². The maximum Gasteiger partial charge on any atom is 0.250 e. The van der Waals surface area contributed by atoms with Crippen molar-refractivity contribution < 1.29 is 0 Å². The smallest absolute Gasteiger partial charge is 0.250 e. The molecular weight excluding hydrogens is 238 g/mol. The van der Waals surface area contributed by atoms with Gasteiger partial charge in [-0.05, 0) is 37.8 Å². The van der Waals surface area contributed by atoms with Gasteiger partial charge in [0.15, 0.2) is 0 Å². The number of nitrogens with zero attached hydrogens (tertiary/aromatic N) is 2. The fourth-order valence-electron chi connectivity index (χ4n) is 3.39. The van der Waals surface area contributed by atoms with Gasteiger partial charge in [0.05, 0.1) is 5.69 Å². The molecule has 0 amide bonds. The van der Waals surface area contributed by atoms with E-state index in [1.54, 1.807) is 6.07 Å². The van der Waals surface area contributed by atoms with Crippen LogP contribution >= 0.6 is 0 Å². The summed E-state index contributed by atoms with van der Waals surface area (Å²) in [5.41, 5.74) is 1.20. The average molecular weight is 261 g/mol. The number of aryl methyl sites for hydroxylation is 1. The van der Waals surface area contributed by atoms with Crippen LogP contribution in [0.4, 0.5) is 5.69 Å². The largest absolute Gasteiger partial charge is 0.381 e. The minimum absolute atomic E-state index is 0.100. The molecule has 1 N–H and O–H groups in total. The van der Waals surface area contributed by atoms with Gasteiger partial charge in [-0.1, -0.05) is 6.92 Å². The fraction of sp³-hybridized carbons (Fsp3) is 0.667. The number of pyridine rings is 1. The van der Waals surface area contributed by atoms with Crippen molar-refractivity contribution in [2.75, 3.05) is 25.0 Å². The maximum absolute atomic E-state index is 11.7. The van der Waals surface area contributed by atoms with Crippen molar-refractivity contribution in [1.29, 1.82) is 0 Å². The van der Waals surface area contributed by atoms with Crippen LogP contribution < -0.4 is 10.9 Å². The summed E-state index contributed by atoms with van der Waals surface area (Å²) in [6, 6.07) is 4.18. The van der Waals surface area contributed by atoms with Crippen molar-refractivity contribution in [3.05, 3.63) is 28.7 Å². The van der Waals surface area contributed by atoms with E-state index >= 15 is 0 Å². The van der Waals surface area contributed by atoms with Crippen LogP contribution in [0.3, 0.4) is 0 Å². The Balaban J connectivity index is 1.72. The van der Waals surface area contributed by atoms with Gasteiger partial charge < -0.3 is 14.8 Å². The molecule has 2 aliphatic heterocycles. The van der Waals surface area contributed by atoms with Crippen LogP contribution in [0, 0.1) is 5.92 Å². The molecule has 0 radical (unpaired) electrons. The second-order valence-electron chi connectivity index (χ2n) is 5.84. The van der Waals surface area contributed by atoms with Gasteiger partial charge in [0, 0.05) is 37.9 Å². The summed E-state index contributed by atoms with van der Waals surface area (Å²) >= 11 is 0. The quantitative estimate of drug-likeness (QED) is 0.897. The van der Waals surface area contributed by atoms with Gasteiger partial charge in [0.2, 0.25) is 0 Å². The molecule has 3 rings (SSSR count). The molecule has 104 valence electrons. The zero-order valence-corrected chi connectivity index (χ0v) is 11.6. The van der Waals surface area contributed by atoms with Crippen LogP contribution in [0.1, 0.15) is 26.2 Å². The number of anilines is 1. The van der Waals surface area contributed by atoms with Crippen LogP contribution in [0.15, 0.2) is 23.1 Å². The predicted molar refractivity (Wildman–Crippen MR) is 77.6 cm³/mol. The summed E-state index contributed by atoms with van der Waals surface area (Å²) < 4.78 is 1.81. The first-order valence-corrected chi connectivity index (χ1v) is 7.45. The number of fused-ring (bicyclic) bond motifs is 2. The highest BCUT2D eigenvalue weighted by Crippen LogP contribution is 2.29. The summed E-state index contributed by atoms with van der Waals surface area (Å²) in [6.07, 6.45) is 5.50. The molecule has 3 atom stereocenters. The molecule has 19 heavy (non-hydrogen) atoms. The molecule has 3 heterocycles. The molecule has 4 heteroatoms. The SMILES string of the molecule is CCCn1cc(NC2CCN3CCC2C3)ccc1=O. The Morgan fingerprint density at radius 3 is 3.00 bits per heavy atom. The molecule has 2 fully saturated rings. The summed E-state index contributed by atoms with van der Waals surface area (Å²) in [4.78, 5) is 14.3. The van der Waals surface area contributed by atoms with Crippen LogP contribution in [-0.4, -0.2) is 35.1 Å². The molecule has 2 aliphatic rings. The van der Waals surface area contributed by atoms with E-state index in [-0.39, 0.29) is 5.56 Å². The summed E-state index contributed by atoms with van der Waals surface area (Å²) in [7, 11) is 0. The van der Waals surface area contributed by atoms with E-state index in [1.165, 1.54) is 32.5 Å². The molecule has 0 aliphatic carbocycles. The van der Waals surface area contributed by atoms with Gasteiger partial charge in [-0.25, -0.2) is 0 Å². The zero-order valence-electron chi connectivity index (χ0n) is 11.6. The Morgan fingerprint density at radius 2 is 2.16 bits per heavy atom. The van der Waals surface area contributed by atoms with Gasteiger partial charge in [-0.15, -0.1) is 0 Å². The monoisotopic (exact) mass is 261 g/mol. The van der Waals surface area contributed by atoms with Gasteiger partial charge in [0.1, 0.15) is 0 Å². The van der Waals surface area contributed by atoms with Crippen LogP contribution in [-0.2, 0) is 6.54 Å². The zero-order chi connectivity index (χ0) is 13.2. The Labute approximate surface area is 114 Å². The van der Waals surface area contributed by atoms with Crippen LogP contribution in [0.5, 0.6) is 0 Å². The normalized spacial score (nSPS) is 29.4. The molecular formula is C15H23N3O. The first-order chi connectivity index (χ1) is 9.26. The number of hydrogen-bond acceptors (Lipinski definition) is 3. The Kier molecular flexibility index (Phi) is 3.60. The predicted octanol–water partition coefficient (Wildman–Crippen LogP) is 1.76. The van der Waals surface area contributed by atoms with Crippen molar-refractivity contribution in [3.8, 4) is 0 Å². The lowest BCUT2D eigenvalue weighted by Crippen LogP contribution is -2.39. The standard InChI is InChI=1S/C15H23N3O/c1-2-7-18-11-13(3-4-15(18)19)16-14-6-9-17-8-5-12(14)10-17/h3-4,11-12,14,16H,2,5-10H2,1H3. The number of nitrogens with one attached hydrogen (secondary N) is 1. The molecule has 4 nitrogen and oxygen atoms in total. The molecule has 3 unspecified atom stereocenters. The van der Waals surface area contributed by atoms with Crippen LogP contribution in [0.25, 0.3) is 0 Å². The van der Waals surface area contributed by atoms with Gasteiger partial charge in [-0.3, -0.25) is 4.79 Å². The van der Waals surface area contributed by atoms with Gasteiger partial charge in [-0.2, -0.15) is 0 Å². The summed E-state index contributed by atoms with van der Waals surface area (Å²) in [6.45, 7) is 6.62. The summed E-state index contributed by atoms with van der Waals surface area (Å²) in [5, 5.41) is 3.65. The van der Waals surface area contributed by atoms with Crippen molar-refractivity contribution in [2.45, 2.75) is 38.8 Å². The molecule has 0 saturated carbocycles. The Morgan fingerprint density at radius 1 is 1.32 bits per heavy atom. The van der Waals surface area contributed by atoms with Gasteiger partial charge in [0.25, 0.3) is 5.56 Å². The van der Waals surface area contributed by atoms with Crippen molar-refractivity contribution in [1.82, 2.24) is 9.47 Å². The highest BCUT2D eigenvalue weighted by Gasteiger charge is 2.34. The minimum Gasteiger partial charge on any atom is -0.381 e. The van der Waals surface area contributed by atoms with Crippen LogP contribution in [0.2, 0.25) is 0 Å². The minimum atomic E-state index is 0.100. The molecule has 0 aromatic carbocycles. The third-order valence-electron chi connectivity index (χ3n) is 4.43. The number of rotatable bonds is 4. The van der Waals surface area contributed by atoms with Crippen molar-refractivity contribution in [2.24, 2.45) is 5.92 Å². The third-order valence-corrected chi connectivity index (χ3v) is 4.43. The number of piperidine rings is 1. The lowest BCUT2D eigenvalue weighted by Gasteiger charge is -2.31. The second-order valence-corrected chi connectivity index (χ2v) is 5.84. The lowest BCUT2D eigenvalue weighted by molar-refractivity contribution is 0.255. The highest BCUT2D eigenvalue weighted by atomic mass is 16.1. The molecule has 2 saturated heterocycles. The topological polar surface area (TPSA) is 37.3 Å². The number of aromatic nitrogens is 1. The molecule has 2 bridgehead atoms. The molecule has 1 aromatic heterocycles. The first kappa shape index (κ1) is 12.7. The lowest BCUT2D eigenvalue weighted by atomic mass is 9.94. The van der Waals surface area contributed by atoms with E-state index in [1.807, 2.05) is 16.8 Å². The fourth-order valence-corrected chi connectivity index (χ4v) is 3.39. The Hall–Kier alpha value is -1.29. The highest BCUT2D eigenvalue weighted by molar-refractivity contribution is 5.41. The summed E-state index contributed by atoms with van der Waals surface area (Å²) in [5.74, 6) is 0.778. The van der Waals surface area contributed by atoms with Crippen molar-refractivity contribution in [3.63, 3.8) is 0 Å². The van der Waals surface area contributed by atoms with E-state index in [9.17, 15) is 4.79 Å². The van der Waals surface area contributed by atoms with Gasteiger partial charge >= 0.3 is 0 Å². The second kappa shape index (κ2) is 5.37. The van der Waals surface area contributed by atoms with E-state index in [0.29, 0.717) is 6.04 Å². The Bertz CT molecular complexity index is 496. The number of hydrogen-bond donors (Lipinski definition) is 1. The molecule has 1 aromatic rings. The van der Waals surface area contributed by atoms with Crippen molar-refractivity contribution >= 4 is 5.69 Å². The van der Waals surface area contributed by atoms with E-state index in [0.717, 1.165) is 24.6 Å².